The van der Waals surface area contributed by atoms with Gasteiger partial charge in [0.2, 0.25) is 5.70 Å². The van der Waals surface area contributed by atoms with Crippen molar-refractivity contribution in [3.8, 4) is 0 Å². The van der Waals surface area contributed by atoms with Crippen molar-refractivity contribution in [2.24, 2.45) is 0 Å². The van der Waals surface area contributed by atoms with Gasteiger partial charge in [-0.05, 0) is 60.3 Å². The van der Waals surface area contributed by atoms with Gasteiger partial charge in [-0.2, -0.15) is 4.57 Å². The fourth-order valence-electron chi connectivity index (χ4n) is 3.48. The summed E-state index contributed by atoms with van der Waals surface area (Å²) in [4.78, 5) is 0.421. The average molecular weight is 417 g/mol. The van der Waals surface area contributed by atoms with Gasteiger partial charge in [-0.15, -0.1) is 0 Å². The van der Waals surface area contributed by atoms with Crippen LogP contribution in [0.5, 0.6) is 0 Å². The minimum absolute atomic E-state index is 0.0983. The lowest BCUT2D eigenvalue weighted by Crippen LogP contribution is -2.40. The van der Waals surface area contributed by atoms with E-state index in [4.69, 9.17) is 12.2 Å². The zero-order chi connectivity index (χ0) is 21.7. The molecule has 0 bridgehead atoms. The standard InChI is InChI=1S/C26H28N2OS/c1-5-20-11-10-12-21(6-2)23(20)27-26(30)24(28-15-8-7-9-16-28)25(29)22-14-13-18(3)19(4)17-22/h7-17H,5-6H2,1-4H3,(H-,27,29,30). The van der Waals surface area contributed by atoms with Crippen molar-refractivity contribution in [3.05, 3.63) is 94.8 Å². The summed E-state index contributed by atoms with van der Waals surface area (Å²) in [7, 11) is 0. The lowest BCUT2D eigenvalue weighted by atomic mass is 10.0. The second-order valence-corrected chi connectivity index (χ2v) is 7.78. The van der Waals surface area contributed by atoms with E-state index in [0.29, 0.717) is 16.2 Å². The number of benzene rings is 2. The molecular weight excluding hydrogens is 388 g/mol. The number of hydrogen-bond donors (Lipinski definition) is 1. The predicted octanol–water partition coefficient (Wildman–Crippen LogP) is 4.84. The zero-order valence-electron chi connectivity index (χ0n) is 18.0. The molecule has 4 heteroatoms. The van der Waals surface area contributed by atoms with E-state index in [-0.39, 0.29) is 5.76 Å². The summed E-state index contributed by atoms with van der Waals surface area (Å²) in [6.45, 7) is 8.31. The highest BCUT2D eigenvalue weighted by atomic mass is 32.1. The molecule has 1 aromatic heterocycles. The molecule has 1 heterocycles. The predicted molar refractivity (Wildman–Crippen MR) is 127 cm³/mol. The van der Waals surface area contributed by atoms with Gasteiger partial charge in [-0.25, -0.2) is 0 Å². The lowest BCUT2D eigenvalue weighted by molar-refractivity contribution is -0.577. The van der Waals surface area contributed by atoms with Crippen LogP contribution in [-0.2, 0) is 12.8 Å². The Bertz CT molecular complexity index is 1070. The molecule has 0 atom stereocenters. The molecule has 0 unspecified atom stereocenters. The summed E-state index contributed by atoms with van der Waals surface area (Å²) in [5, 5.41) is 17.0. The number of anilines is 1. The summed E-state index contributed by atoms with van der Waals surface area (Å²) < 4.78 is 1.80. The third kappa shape index (κ3) is 4.60. The summed E-state index contributed by atoms with van der Waals surface area (Å²) in [6.07, 6.45) is 5.48. The van der Waals surface area contributed by atoms with E-state index in [0.717, 1.165) is 29.7 Å². The number of rotatable bonds is 6. The molecule has 0 aliphatic carbocycles. The molecule has 3 nitrogen and oxygen atoms in total. The molecular formula is C26H28N2OS. The maximum atomic E-state index is 13.6. The highest BCUT2D eigenvalue weighted by Crippen LogP contribution is 2.25. The van der Waals surface area contributed by atoms with Crippen molar-refractivity contribution in [2.75, 3.05) is 5.32 Å². The highest BCUT2D eigenvalue weighted by Gasteiger charge is 2.20. The Morgan fingerprint density at radius 3 is 2.10 bits per heavy atom. The average Bonchev–Trinajstić information content (AvgIpc) is 2.76. The first-order chi connectivity index (χ1) is 14.5. The fourth-order valence-corrected chi connectivity index (χ4v) is 3.78. The zero-order valence-corrected chi connectivity index (χ0v) is 18.8. The third-order valence-corrected chi connectivity index (χ3v) is 5.71. The van der Waals surface area contributed by atoms with Crippen molar-refractivity contribution < 1.29 is 9.67 Å². The Kier molecular flexibility index (Phi) is 7.01. The molecule has 3 rings (SSSR count). The van der Waals surface area contributed by atoms with E-state index < -0.39 is 0 Å². The quantitative estimate of drug-likeness (QED) is 0.270. The molecule has 154 valence electrons. The largest absolute Gasteiger partial charge is 0.867 e. The maximum Gasteiger partial charge on any atom is 0.238 e. The molecule has 1 N–H and O–H groups in total. The van der Waals surface area contributed by atoms with Crippen LogP contribution < -0.4 is 15.0 Å². The molecule has 0 amide bonds. The first-order valence-electron chi connectivity index (χ1n) is 10.3. The molecule has 0 saturated carbocycles. The van der Waals surface area contributed by atoms with E-state index in [9.17, 15) is 5.11 Å². The Labute approximate surface area is 184 Å². The van der Waals surface area contributed by atoms with Crippen molar-refractivity contribution in [3.63, 3.8) is 0 Å². The van der Waals surface area contributed by atoms with Crippen LogP contribution in [0.15, 0.2) is 67.0 Å². The van der Waals surface area contributed by atoms with E-state index >= 15 is 0 Å². The van der Waals surface area contributed by atoms with Crippen LogP contribution in [-0.4, -0.2) is 4.99 Å². The Hall–Kier alpha value is -2.98. The van der Waals surface area contributed by atoms with Gasteiger partial charge in [0, 0.05) is 17.8 Å². The highest BCUT2D eigenvalue weighted by molar-refractivity contribution is 7.81. The number of para-hydroxylation sites is 1. The second kappa shape index (κ2) is 9.68. The number of hydrogen-bond acceptors (Lipinski definition) is 2. The molecule has 2 aromatic carbocycles. The molecule has 0 spiro atoms. The smallest absolute Gasteiger partial charge is 0.238 e. The van der Waals surface area contributed by atoms with Gasteiger partial charge >= 0.3 is 0 Å². The van der Waals surface area contributed by atoms with E-state index in [2.05, 4.69) is 37.4 Å². The summed E-state index contributed by atoms with van der Waals surface area (Å²) in [6, 6.07) is 17.8. The summed E-state index contributed by atoms with van der Waals surface area (Å²) in [5.74, 6) is -0.0983. The first-order valence-corrected chi connectivity index (χ1v) is 10.7. The van der Waals surface area contributed by atoms with Gasteiger partial charge in [0.25, 0.3) is 0 Å². The number of thiocarbonyl (C=S) groups is 1. The molecule has 0 saturated heterocycles. The van der Waals surface area contributed by atoms with Crippen LogP contribution in [0.25, 0.3) is 11.5 Å². The number of nitrogens with one attached hydrogen (secondary N) is 1. The summed E-state index contributed by atoms with van der Waals surface area (Å²) >= 11 is 5.80. The van der Waals surface area contributed by atoms with Gasteiger partial charge < -0.3 is 10.4 Å². The van der Waals surface area contributed by atoms with Gasteiger partial charge in [0.05, 0.1) is 0 Å². The van der Waals surface area contributed by atoms with E-state index in [1.807, 2.05) is 62.6 Å². The SMILES string of the molecule is CCc1cccc(CC)c1NC(=S)C(=C([O-])c1ccc(C)c(C)c1)[n+]1ccccc1. The third-order valence-electron chi connectivity index (χ3n) is 5.41. The van der Waals surface area contributed by atoms with Crippen LogP contribution in [0.3, 0.4) is 0 Å². The Morgan fingerprint density at radius 1 is 0.900 bits per heavy atom. The van der Waals surface area contributed by atoms with Gasteiger partial charge in [-0.3, -0.25) is 0 Å². The minimum atomic E-state index is -0.0983. The maximum absolute atomic E-state index is 13.6. The summed E-state index contributed by atoms with van der Waals surface area (Å²) in [5.41, 5.74) is 6.71. The number of pyridine rings is 1. The molecule has 30 heavy (non-hydrogen) atoms. The molecule has 3 aromatic rings. The van der Waals surface area contributed by atoms with Crippen molar-refractivity contribution in [2.45, 2.75) is 40.5 Å². The van der Waals surface area contributed by atoms with Crippen LogP contribution in [0, 0.1) is 13.8 Å². The van der Waals surface area contributed by atoms with Crippen LogP contribution in [0.1, 0.15) is 41.7 Å². The number of aryl methyl sites for hydroxylation is 4. The molecule has 0 fully saturated rings. The fraction of sp³-hybridized carbons (Fsp3) is 0.231. The van der Waals surface area contributed by atoms with Crippen molar-refractivity contribution in [1.82, 2.24) is 0 Å². The van der Waals surface area contributed by atoms with E-state index in [1.165, 1.54) is 11.1 Å². The van der Waals surface area contributed by atoms with Crippen LogP contribution in [0.4, 0.5) is 5.69 Å². The van der Waals surface area contributed by atoms with Gasteiger partial charge in [-0.1, -0.05) is 68.5 Å². The lowest BCUT2D eigenvalue weighted by Gasteiger charge is -2.20. The van der Waals surface area contributed by atoms with Crippen molar-refractivity contribution >= 4 is 34.3 Å². The van der Waals surface area contributed by atoms with Crippen molar-refractivity contribution in [1.29, 1.82) is 0 Å². The molecule has 0 radical (unpaired) electrons. The topological polar surface area (TPSA) is 39.0 Å². The van der Waals surface area contributed by atoms with Crippen LogP contribution in [0.2, 0.25) is 0 Å². The molecule has 0 aliphatic rings. The van der Waals surface area contributed by atoms with E-state index in [1.54, 1.807) is 4.57 Å². The monoisotopic (exact) mass is 416 g/mol. The Balaban J connectivity index is 2.13. The second-order valence-electron chi connectivity index (χ2n) is 7.37. The Morgan fingerprint density at radius 2 is 1.53 bits per heavy atom. The number of aromatic nitrogens is 1. The minimum Gasteiger partial charge on any atom is -0.867 e. The number of nitrogens with zero attached hydrogens (tertiary/aromatic N) is 1. The normalized spacial score (nSPS) is 11.7. The first kappa shape index (κ1) is 21.7. The van der Waals surface area contributed by atoms with Gasteiger partial charge in [0.1, 0.15) is 0 Å². The molecule has 0 aliphatic heterocycles. The van der Waals surface area contributed by atoms with Gasteiger partial charge in [0.15, 0.2) is 17.4 Å². The van der Waals surface area contributed by atoms with Crippen LogP contribution >= 0.6 is 12.2 Å².